The lowest BCUT2D eigenvalue weighted by atomic mass is 10.2. The molecule has 1 aromatic heterocycles. The minimum absolute atomic E-state index is 0. The van der Waals surface area contributed by atoms with Gasteiger partial charge in [0.2, 0.25) is 0 Å². The number of halogens is 1. The molecule has 1 aromatic carbocycles. The smallest absolute Gasteiger partial charge is 0.335 e. The van der Waals surface area contributed by atoms with Crippen molar-refractivity contribution in [3.63, 3.8) is 0 Å². The van der Waals surface area contributed by atoms with Gasteiger partial charge in [0.25, 0.3) is 0 Å². The number of nitrogens with zero attached hydrogens (tertiary/aromatic N) is 2. The molecule has 0 atom stereocenters. The molecule has 2 aromatic rings. The molecule has 2 rings (SSSR count). The second-order valence-electron chi connectivity index (χ2n) is 3.55. The Hall–Kier alpha value is -2.14. The van der Waals surface area contributed by atoms with Crippen molar-refractivity contribution in [2.45, 2.75) is 6.92 Å². The number of aryl methyl sites for hydroxylation is 1. The van der Waals surface area contributed by atoms with Crippen LogP contribution in [0.1, 0.15) is 16.1 Å². The zero-order valence-corrected chi connectivity index (χ0v) is 10.4. The molecule has 0 spiro atoms. The number of hydrogen-bond donors (Lipinski definition) is 2. The summed E-state index contributed by atoms with van der Waals surface area (Å²) in [6, 6.07) is 8.28. The first-order chi connectivity index (χ1) is 8.15. The van der Waals surface area contributed by atoms with Crippen molar-refractivity contribution in [2.75, 3.05) is 5.32 Å². The fourth-order valence-electron chi connectivity index (χ4n) is 1.37. The van der Waals surface area contributed by atoms with Crippen molar-refractivity contribution >= 4 is 29.9 Å². The van der Waals surface area contributed by atoms with Crippen molar-refractivity contribution in [1.29, 1.82) is 0 Å². The number of carbonyl (C=O) groups is 1. The van der Waals surface area contributed by atoms with E-state index in [1.165, 1.54) is 6.33 Å². The van der Waals surface area contributed by atoms with Gasteiger partial charge in [-0.3, -0.25) is 0 Å². The van der Waals surface area contributed by atoms with Gasteiger partial charge in [-0.25, -0.2) is 14.8 Å². The van der Waals surface area contributed by atoms with Gasteiger partial charge in [-0.2, -0.15) is 0 Å². The first kappa shape index (κ1) is 13.9. The van der Waals surface area contributed by atoms with Crippen LogP contribution in [0.15, 0.2) is 36.7 Å². The average Bonchev–Trinajstić information content (AvgIpc) is 2.29. The van der Waals surface area contributed by atoms with Crippen molar-refractivity contribution in [2.24, 2.45) is 0 Å². The summed E-state index contributed by atoms with van der Waals surface area (Å²) < 4.78 is 0. The van der Waals surface area contributed by atoms with Crippen LogP contribution >= 0.6 is 12.4 Å². The lowest BCUT2D eigenvalue weighted by Crippen LogP contribution is -1.98. The van der Waals surface area contributed by atoms with Gasteiger partial charge in [0, 0.05) is 17.4 Å². The molecule has 0 saturated carbocycles. The van der Waals surface area contributed by atoms with E-state index >= 15 is 0 Å². The first-order valence-electron chi connectivity index (χ1n) is 5.04. The van der Waals surface area contributed by atoms with E-state index in [-0.39, 0.29) is 18.0 Å². The molecular formula is C12H12ClN3O2. The molecule has 0 amide bonds. The van der Waals surface area contributed by atoms with Crippen molar-refractivity contribution in [3.05, 3.63) is 47.9 Å². The van der Waals surface area contributed by atoms with Gasteiger partial charge in [0.05, 0.1) is 5.56 Å². The monoisotopic (exact) mass is 265 g/mol. The number of nitrogens with one attached hydrogen (secondary N) is 1. The third-order valence-corrected chi connectivity index (χ3v) is 2.21. The number of anilines is 2. The Morgan fingerprint density at radius 2 is 1.89 bits per heavy atom. The van der Waals surface area contributed by atoms with E-state index in [1.54, 1.807) is 24.3 Å². The molecule has 94 valence electrons. The van der Waals surface area contributed by atoms with Gasteiger partial charge >= 0.3 is 5.97 Å². The number of benzene rings is 1. The molecule has 18 heavy (non-hydrogen) atoms. The molecule has 1 heterocycles. The summed E-state index contributed by atoms with van der Waals surface area (Å²) in [5.41, 5.74) is 1.91. The molecule has 0 aliphatic carbocycles. The van der Waals surface area contributed by atoms with Gasteiger partial charge in [-0.15, -0.1) is 12.4 Å². The highest BCUT2D eigenvalue weighted by Crippen LogP contribution is 2.15. The van der Waals surface area contributed by atoms with Crippen LogP contribution in [0.4, 0.5) is 11.5 Å². The predicted octanol–water partition coefficient (Wildman–Crippen LogP) is 2.65. The highest BCUT2D eigenvalue weighted by molar-refractivity contribution is 5.88. The van der Waals surface area contributed by atoms with Crippen LogP contribution in [0, 0.1) is 6.92 Å². The highest BCUT2D eigenvalue weighted by atomic mass is 35.5. The Morgan fingerprint density at radius 3 is 2.44 bits per heavy atom. The highest BCUT2D eigenvalue weighted by Gasteiger charge is 2.02. The van der Waals surface area contributed by atoms with E-state index in [2.05, 4.69) is 15.3 Å². The zero-order chi connectivity index (χ0) is 12.3. The number of rotatable bonds is 3. The fourth-order valence-corrected chi connectivity index (χ4v) is 1.37. The topological polar surface area (TPSA) is 75.1 Å². The van der Waals surface area contributed by atoms with Crippen LogP contribution in [0.25, 0.3) is 0 Å². The Bertz CT molecular complexity index is 543. The largest absolute Gasteiger partial charge is 0.478 e. The number of carboxylic acid groups (broad SMARTS) is 1. The summed E-state index contributed by atoms with van der Waals surface area (Å²) >= 11 is 0. The van der Waals surface area contributed by atoms with Gasteiger partial charge in [0.15, 0.2) is 0 Å². The van der Waals surface area contributed by atoms with Crippen LogP contribution in [0.3, 0.4) is 0 Å². The van der Waals surface area contributed by atoms with Gasteiger partial charge in [-0.05, 0) is 31.2 Å². The SMILES string of the molecule is Cc1cc(Nc2ccc(C(=O)O)cc2)ncn1.Cl. The molecule has 2 N–H and O–H groups in total. The summed E-state index contributed by atoms with van der Waals surface area (Å²) in [6.45, 7) is 1.88. The number of hydrogen-bond acceptors (Lipinski definition) is 4. The molecule has 0 bridgehead atoms. The van der Waals surface area contributed by atoms with Crippen LogP contribution in [0.5, 0.6) is 0 Å². The van der Waals surface area contributed by atoms with E-state index < -0.39 is 5.97 Å². The van der Waals surface area contributed by atoms with Crippen molar-refractivity contribution < 1.29 is 9.90 Å². The summed E-state index contributed by atoms with van der Waals surface area (Å²) in [7, 11) is 0. The summed E-state index contributed by atoms with van der Waals surface area (Å²) in [6.07, 6.45) is 1.48. The second kappa shape index (κ2) is 5.97. The third-order valence-electron chi connectivity index (χ3n) is 2.21. The fraction of sp³-hybridized carbons (Fsp3) is 0.0833. The molecule has 0 aliphatic heterocycles. The second-order valence-corrected chi connectivity index (χ2v) is 3.55. The van der Waals surface area contributed by atoms with Crippen LogP contribution in [0.2, 0.25) is 0 Å². The van der Waals surface area contributed by atoms with Crippen LogP contribution in [-0.2, 0) is 0 Å². The summed E-state index contributed by atoms with van der Waals surface area (Å²) in [5.74, 6) is -0.255. The van der Waals surface area contributed by atoms with Gasteiger partial charge in [-0.1, -0.05) is 0 Å². The van der Waals surface area contributed by atoms with E-state index in [0.717, 1.165) is 11.4 Å². The Balaban J connectivity index is 0.00000162. The van der Waals surface area contributed by atoms with Crippen LogP contribution in [-0.4, -0.2) is 21.0 Å². The normalized spacial score (nSPS) is 9.39. The quantitative estimate of drug-likeness (QED) is 0.892. The zero-order valence-electron chi connectivity index (χ0n) is 9.62. The average molecular weight is 266 g/mol. The Morgan fingerprint density at radius 1 is 1.22 bits per heavy atom. The van der Waals surface area contributed by atoms with Crippen LogP contribution < -0.4 is 5.32 Å². The minimum Gasteiger partial charge on any atom is -0.478 e. The van der Waals surface area contributed by atoms with Crippen molar-refractivity contribution in [1.82, 2.24) is 9.97 Å². The third kappa shape index (κ3) is 3.43. The van der Waals surface area contributed by atoms with E-state index in [9.17, 15) is 4.79 Å². The lowest BCUT2D eigenvalue weighted by molar-refractivity contribution is 0.0697. The number of aromatic nitrogens is 2. The maximum absolute atomic E-state index is 10.7. The molecule has 0 aliphatic rings. The maximum Gasteiger partial charge on any atom is 0.335 e. The molecular weight excluding hydrogens is 254 g/mol. The first-order valence-corrected chi connectivity index (χ1v) is 5.04. The van der Waals surface area contributed by atoms with E-state index in [4.69, 9.17) is 5.11 Å². The van der Waals surface area contributed by atoms with Gasteiger partial charge in [0.1, 0.15) is 12.1 Å². The predicted molar refractivity (Wildman–Crippen MR) is 70.7 cm³/mol. The number of carboxylic acids is 1. The minimum atomic E-state index is -0.936. The molecule has 0 fully saturated rings. The molecule has 0 unspecified atom stereocenters. The number of aromatic carboxylic acids is 1. The Kier molecular flexibility index (Phi) is 4.62. The van der Waals surface area contributed by atoms with E-state index in [0.29, 0.717) is 5.82 Å². The lowest BCUT2D eigenvalue weighted by Gasteiger charge is -2.05. The standard InChI is InChI=1S/C12H11N3O2.ClH/c1-8-6-11(14-7-13-8)15-10-4-2-9(3-5-10)12(16)17;/h2-7H,1H3,(H,16,17)(H,13,14,15);1H. The molecule has 5 nitrogen and oxygen atoms in total. The molecule has 6 heteroatoms. The van der Waals surface area contributed by atoms with Gasteiger partial charge < -0.3 is 10.4 Å². The molecule has 0 radical (unpaired) electrons. The summed E-state index contributed by atoms with van der Waals surface area (Å²) in [4.78, 5) is 18.7. The Labute approximate surface area is 110 Å². The summed E-state index contributed by atoms with van der Waals surface area (Å²) in [5, 5.41) is 11.8. The van der Waals surface area contributed by atoms with Crippen molar-refractivity contribution in [3.8, 4) is 0 Å². The maximum atomic E-state index is 10.7. The van der Waals surface area contributed by atoms with E-state index in [1.807, 2.05) is 13.0 Å². The molecule has 0 saturated heterocycles.